The number of para-hydroxylation sites is 1. The molecule has 0 saturated heterocycles. The van der Waals surface area contributed by atoms with E-state index >= 15 is 0 Å². The van der Waals surface area contributed by atoms with E-state index in [9.17, 15) is 4.79 Å². The number of aliphatic carboxylic acids is 1. The highest BCUT2D eigenvalue weighted by Crippen LogP contribution is 2.31. The molecule has 0 bridgehead atoms. The monoisotopic (exact) mass is 239 g/mol. The van der Waals surface area contributed by atoms with Gasteiger partial charge in [-0.05, 0) is 13.1 Å². The molecule has 0 aromatic heterocycles. The van der Waals surface area contributed by atoms with Crippen LogP contribution >= 0.6 is 0 Å². The number of hydrogen-bond acceptors (Lipinski definition) is 4. The fraction of sp³-hybridized carbons (Fsp3) is 0.417. The normalized spacial score (nSPS) is 10.4. The molecule has 5 nitrogen and oxygen atoms in total. The molecule has 0 atom stereocenters. The standard InChI is InChI=1S/C12H17NO4/c1-13(8-11(14)15)7-9-5-4-6-10(16-2)12(9)17-3/h4-6H,7-8H2,1-3H3,(H,14,15). The fourth-order valence-electron chi connectivity index (χ4n) is 1.66. The van der Waals surface area contributed by atoms with Crippen LogP contribution in [0.15, 0.2) is 18.2 Å². The van der Waals surface area contributed by atoms with Gasteiger partial charge in [-0.1, -0.05) is 12.1 Å². The summed E-state index contributed by atoms with van der Waals surface area (Å²) in [5, 5.41) is 8.69. The van der Waals surface area contributed by atoms with E-state index in [1.54, 1.807) is 32.2 Å². The Kier molecular flexibility index (Phi) is 4.78. The number of ether oxygens (including phenoxy) is 2. The summed E-state index contributed by atoms with van der Waals surface area (Å²) in [6.07, 6.45) is 0. The average Bonchev–Trinajstić information content (AvgIpc) is 2.27. The van der Waals surface area contributed by atoms with E-state index in [2.05, 4.69) is 0 Å². The zero-order valence-corrected chi connectivity index (χ0v) is 10.3. The van der Waals surface area contributed by atoms with Gasteiger partial charge in [0.2, 0.25) is 0 Å². The van der Waals surface area contributed by atoms with Crippen molar-refractivity contribution >= 4 is 5.97 Å². The Morgan fingerprint density at radius 1 is 1.35 bits per heavy atom. The van der Waals surface area contributed by atoms with Gasteiger partial charge in [0.05, 0.1) is 20.8 Å². The van der Waals surface area contributed by atoms with Gasteiger partial charge in [0.25, 0.3) is 0 Å². The third-order valence-corrected chi connectivity index (χ3v) is 2.33. The van der Waals surface area contributed by atoms with Gasteiger partial charge < -0.3 is 14.6 Å². The lowest BCUT2D eigenvalue weighted by Crippen LogP contribution is -2.25. The van der Waals surface area contributed by atoms with Crippen molar-refractivity contribution in [3.05, 3.63) is 23.8 Å². The predicted molar refractivity (Wildman–Crippen MR) is 63.5 cm³/mol. The van der Waals surface area contributed by atoms with Gasteiger partial charge in [0, 0.05) is 12.1 Å². The number of hydrogen-bond donors (Lipinski definition) is 1. The molecule has 0 spiro atoms. The Labute approximate surface area is 101 Å². The van der Waals surface area contributed by atoms with Gasteiger partial charge in [-0.3, -0.25) is 9.69 Å². The summed E-state index contributed by atoms with van der Waals surface area (Å²) < 4.78 is 10.5. The molecule has 1 rings (SSSR count). The second-order valence-corrected chi connectivity index (χ2v) is 3.72. The summed E-state index contributed by atoms with van der Waals surface area (Å²) in [7, 11) is 4.88. The van der Waals surface area contributed by atoms with Crippen LogP contribution in [-0.2, 0) is 11.3 Å². The largest absolute Gasteiger partial charge is 0.493 e. The van der Waals surface area contributed by atoms with Gasteiger partial charge in [-0.2, -0.15) is 0 Å². The summed E-state index contributed by atoms with van der Waals surface area (Å²) in [6, 6.07) is 5.55. The molecule has 0 aliphatic rings. The molecule has 0 unspecified atom stereocenters. The fourth-order valence-corrected chi connectivity index (χ4v) is 1.66. The quantitative estimate of drug-likeness (QED) is 0.808. The van der Waals surface area contributed by atoms with Crippen LogP contribution in [0.25, 0.3) is 0 Å². The van der Waals surface area contributed by atoms with Crippen LogP contribution in [0.5, 0.6) is 11.5 Å². The molecule has 1 aromatic rings. The summed E-state index contributed by atoms with van der Waals surface area (Å²) in [5.41, 5.74) is 0.899. The van der Waals surface area contributed by atoms with Crippen LogP contribution in [0.4, 0.5) is 0 Å². The number of likely N-dealkylation sites (N-methyl/N-ethyl adjacent to an activating group) is 1. The van der Waals surface area contributed by atoms with Gasteiger partial charge in [0.15, 0.2) is 11.5 Å². The van der Waals surface area contributed by atoms with Crippen molar-refractivity contribution in [3.8, 4) is 11.5 Å². The van der Waals surface area contributed by atoms with Crippen molar-refractivity contribution in [1.82, 2.24) is 4.90 Å². The maximum Gasteiger partial charge on any atom is 0.317 e. The molecular weight excluding hydrogens is 222 g/mol. The van der Waals surface area contributed by atoms with Crippen molar-refractivity contribution in [2.75, 3.05) is 27.8 Å². The Bertz CT molecular complexity index is 392. The Balaban J connectivity index is 2.86. The van der Waals surface area contributed by atoms with Crippen LogP contribution in [-0.4, -0.2) is 43.8 Å². The number of carboxylic acids is 1. The van der Waals surface area contributed by atoms with Crippen molar-refractivity contribution in [3.63, 3.8) is 0 Å². The molecule has 0 fully saturated rings. The molecule has 0 heterocycles. The molecule has 0 amide bonds. The Morgan fingerprint density at radius 2 is 2.06 bits per heavy atom. The molecule has 17 heavy (non-hydrogen) atoms. The van der Waals surface area contributed by atoms with Crippen LogP contribution < -0.4 is 9.47 Å². The lowest BCUT2D eigenvalue weighted by Gasteiger charge is -2.17. The lowest BCUT2D eigenvalue weighted by atomic mass is 10.1. The number of rotatable bonds is 6. The summed E-state index contributed by atoms with van der Waals surface area (Å²) >= 11 is 0. The lowest BCUT2D eigenvalue weighted by molar-refractivity contribution is -0.138. The highest BCUT2D eigenvalue weighted by Gasteiger charge is 2.12. The van der Waals surface area contributed by atoms with Gasteiger partial charge >= 0.3 is 5.97 Å². The Morgan fingerprint density at radius 3 is 2.59 bits per heavy atom. The predicted octanol–water partition coefficient (Wildman–Crippen LogP) is 1.22. The molecule has 0 aliphatic carbocycles. The third kappa shape index (κ3) is 3.64. The Hall–Kier alpha value is -1.75. The minimum absolute atomic E-state index is 0.0135. The first-order valence-corrected chi connectivity index (χ1v) is 5.18. The number of carbonyl (C=O) groups is 1. The van der Waals surface area contributed by atoms with E-state index in [1.807, 2.05) is 12.1 Å². The first-order chi connectivity index (χ1) is 8.08. The maximum atomic E-state index is 10.6. The van der Waals surface area contributed by atoms with Crippen LogP contribution in [0.1, 0.15) is 5.56 Å². The average molecular weight is 239 g/mol. The van der Waals surface area contributed by atoms with Crippen LogP contribution in [0.2, 0.25) is 0 Å². The van der Waals surface area contributed by atoms with E-state index in [0.717, 1.165) is 5.56 Å². The van der Waals surface area contributed by atoms with Crippen LogP contribution in [0, 0.1) is 0 Å². The van der Waals surface area contributed by atoms with E-state index in [1.165, 1.54) is 0 Å². The van der Waals surface area contributed by atoms with E-state index in [-0.39, 0.29) is 6.54 Å². The molecule has 0 radical (unpaired) electrons. The van der Waals surface area contributed by atoms with Gasteiger partial charge in [-0.25, -0.2) is 0 Å². The van der Waals surface area contributed by atoms with E-state index < -0.39 is 5.97 Å². The minimum atomic E-state index is -0.852. The van der Waals surface area contributed by atoms with E-state index in [0.29, 0.717) is 18.0 Å². The van der Waals surface area contributed by atoms with Crippen molar-refractivity contribution in [2.45, 2.75) is 6.54 Å². The first kappa shape index (κ1) is 13.3. The number of benzene rings is 1. The van der Waals surface area contributed by atoms with Crippen molar-refractivity contribution in [2.24, 2.45) is 0 Å². The number of methoxy groups -OCH3 is 2. The molecule has 1 N–H and O–H groups in total. The maximum absolute atomic E-state index is 10.6. The molecular formula is C12H17NO4. The first-order valence-electron chi connectivity index (χ1n) is 5.18. The van der Waals surface area contributed by atoms with Gasteiger partial charge in [0.1, 0.15) is 0 Å². The number of carboxylic acid groups (broad SMARTS) is 1. The highest BCUT2D eigenvalue weighted by molar-refractivity contribution is 5.69. The summed E-state index contributed by atoms with van der Waals surface area (Å²) in [4.78, 5) is 12.3. The van der Waals surface area contributed by atoms with Crippen molar-refractivity contribution in [1.29, 1.82) is 0 Å². The molecule has 0 saturated carbocycles. The molecule has 1 aromatic carbocycles. The highest BCUT2D eigenvalue weighted by atomic mass is 16.5. The molecule has 0 aliphatic heterocycles. The van der Waals surface area contributed by atoms with Gasteiger partial charge in [-0.15, -0.1) is 0 Å². The smallest absolute Gasteiger partial charge is 0.317 e. The summed E-state index contributed by atoms with van der Waals surface area (Å²) in [6.45, 7) is 0.479. The second-order valence-electron chi connectivity index (χ2n) is 3.72. The van der Waals surface area contributed by atoms with E-state index in [4.69, 9.17) is 14.6 Å². The number of nitrogens with zero attached hydrogens (tertiary/aromatic N) is 1. The second kappa shape index (κ2) is 6.10. The zero-order valence-electron chi connectivity index (χ0n) is 10.3. The zero-order chi connectivity index (χ0) is 12.8. The topological polar surface area (TPSA) is 59.0 Å². The third-order valence-electron chi connectivity index (χ3n) is 2.33. The van der Waals surface area contributed by atoms with Crippen LogP contribution in [0.3, 0.4) is 0 Å². The SMILES string of the molecule is COc1cccc(CN(C)CC(=O)O)c1OC. The molecule has 94 valence electrons. The van der Waals surface area contributed by atoms with Crippen molar-refractivity contribution < 1.29 is 19.4 Å². The minimum Gasteiger partial charge on any atom is -0.493 e. The summed E-state index contributed by atoms with van der Waals surface area (Å²) in [5.74, 6) is 0.440. The molecule has 5 heteroatoms.